The zero-order chi connectivity index (χ0) is 16.3. The van der Waals surface area contributed by atoms with Crippen LogP contribution in [0.15, 0.2) is 30.3 Å². The normalized spacial score (nSPS) is 20.5. The number of anilines is 1. The van der Waals surface area contributed by atoms with Crippen molar-refractivity contribution >= 4 is 11.6 Å². The van der Waals surface area contributed by atoms with Gasteiger partial charge in [-0.15, -0.1) is 0 Å². The lowest BCUT2D eigenvalue weighted by molar-refractivity contribution is -0.137. The van der Waals surface area contributed by atoms with Crippen LogP contribution in [-0.4, -0.2) is 42.6 Å². The molecule has 0 aromatic heterocycles. The Morgan fingerprint density at radius 3 is 2.43 bits per heavy atom. The molecule has 0 aliphatic carbocycles. The Hall–Kier alpha value is -1.55. The molecule has 126 valence electrons. The molecule has 3 rings (SSSR count). The number of nitrogens with zero attached hydrogens (tertiary/aromatic N) is 2. The number of benzene rings is 1. The van der Waals surface area contributed by atoms with Gasteiger partial charge >= 0.3 is 0 Å². The number of hydrogen-bond donors (Lipinski definition) is 1. The predicted molar refractivity (Wildman–Crippen MR) is 94.4 cm³/mol. The summed E-state index contributed by atoms with van der Waals surface area (Å²) in [4.78, 5) is 17.2. The molecule has 1 spiro atoms. The minimum Gasteiger partial charge on any atom is -0.352 e. The highest BCUT2D eigenvalue weighted by molar-refractivity contribution is 5.79. The van der Waals surface area contributed by atoms with Gasteiger partial charge in [0.05, 0.1) is 12.2 Å². The van der Waals surface area contributed by atoms with Crippen LogP contribution in [-0.2, 0) is 4.79 Å². The van der Waals surface area contributed by atoms with Crippen LogP contribution < -0.4 is 10.2 Å². The first-order valence-electron chi connectivity index (χ1n) is 9.02. The molecule has 1 aromatic rings. The third-order valence-corrected chi connectivity index (χ3v) is 5.71. The van der Waals surface area contributed by atoms with Crippen molar-refractivity contribution in [2.75, 3.05) is 31.2 Å². The Kier molecular flexibility index (Phi) is 4.90. The highest BCUT2D eigenvalue weighted by Gasteiger charge is 2.44. The van der Waals surface area contributed by atoms with Crippen LogP contribution in [0.5, 0.6) is 0 Å². The van der Waals surface area contributed by atoms with E-state index in [9.17, 15) is 4.79 Å². The summed E-state index contributed by atoms with van der Waals surface area (Å²) in [6, 6.07) is 10.7. The third-order valence-electron chi connectivity index (χ3n) is 5.71. The minimum atomic E-state index is 0.173. The molecule has 0 unspecified atom stereocenters. The lowest BCUT2D eigenvalue weighted by Crippen LogP contribution is -2.55. The van der Waals surface area contributed by atoms with Gasteiger partial charge in [-0.05, 0) is 37.8 Å². The number of hydrogen-bond acceptors (Lipinski definition) is 3. The summed E-state index contributed by atoms with van der Waals surface area (Å²) in [6.07, 6.45) is 4.02. The number of nitrogens with one attached hydrogen (secondary N) is 1. The quantitative estimate of drug-likeness (QED) is 0.928. The molecule has 2 heterocycles. The molecule has 1 aromatic carbocycles. The maximum Gasteiger partial charge on any atom is 0.225 e. The molecule has 4 nitrogen and oxygen atoms in total. The summed E-state index contributed by atoms with van der Waals surface area (Å²) >= 11 is 0. The van der Waals surface area contributed by atoms with E-state index in [1.807, 2.05) is 0 Å². The zero-order valence-electron chi connectivity index (χ0n) is 14.4. The lowest BCUT2D eigenvalue weighted by Gasteiger charge is -2.45. The largest absolute Gasteiger partial charge is 0.352 e. The van der Waals surface area contributed by atoms with E-state index in [1.54, 1.807) is 0 Å². The maximum atomic E-state index is 12.6. The molecule has 0 saturated carbocycles. The van der Waals surface area contributed by atoms with Crippen molar-refractivity contribution in [2.45, 2.75) is 45.1 Å². The second-order valence-electron chi connectivity index (χ2n) is 6.91. The Labute approximate surface area is 139 Å². The van der Waals surface area contributed by atoms with E-state index in [1.165, 1.54) is 5.69 Å². The van der Waals surface area contributed by atoms with Gasteiger partial charge < -0.3 is 9.80 Å². The smallest absolute Gasteiger partial charge is 0.225 e. The summed E-state index contributed by atoms with van der Waals surface area (Å²) in [5.41, 5.74) is 1.46. The molecule has 4 heteroatoms. The summed E-state index contributed by atoms with van der Waals surface area (Å²) < 4.78 is 0. The first kappa shape index (κ1) is 16.3. The molecule has 2 fully saturated rings. The number of amides is 1. The van der Waals surface area contributed by atoms with Crippen molar-refractivity contribution in [1.29, 1.82) is 0 Å². The van der Waals surface area contributed by atoms with E-state index < -0.39 is 0 Å². The van der Waals surface area contributed by atoms with Gasteiger partial charge in [-0.1, -0.05) is 32.0 Å². The number of carbonyl (C=O) groups is 1. The van der Waals surface area contributed by atoms with Crippen molar-refractivity contribution in [2.24, 2.45) is 5.92 Å². The molecule has 0 atom stereocenters. The zero-order valence-corrected chi connectivity index (χ0v) is 14.4. The molecule has 0 bridgehead atoms. The van der Waals surface area contributed by atoms with Crippen molar-refractivity contribution < 1.29 is 4.79 Å². The SMILES string of the molecule is CCC(CC)C(=O)N1CCC2(CC1)CNCN2c1ccccc1. The van der Waals surface area contributed by atoms with Crippen LogP contribution in [0.1, 0.15) is 39.5 Å². The van der Waals surface area contributed by atoms with E-state index >= 15 is 0 Å². The summed E-state index contributed by atoms with van der Waals surface area (Å²) in [5, 5.41) is 3.54. The lowest BCUT2D eigenvalue weighted by atomic mass is 9.85. The summed E-state index contributed by atoms with van der Waals surface area (Å²) in [5.74, 6) is 0.568. The van der Waals surface area contributed by atoms with Gasteiger partial charge in [-0.3, -0.25) is 10.1 Å². The monoisotopic (exact) mass is 315 g/mol. The van der Waals surface area contributed by atoms with Crippen molar-refractivity contribution in [3.05, 3.63) is 30.3 Å². The van der Waals surface area contributed by atoms with E-state index in [0.717, 1.165) is 52.0 Å². The predicted octanol–water partition coefficient (Wildman–Crippen LogP) is 2.85. The molecular formula is C19H29N3O. The number of likely N-dealkylation sites (tertiary alicyclic amines) is 1. The number of para-hydroxylation sites is 1. The van der Waals surface area contributed by atoms with Crippen molar-refractivity contribution in [3.63, 3.8) is 0 Å². The molecule has 1 N–H and O–H groups in total. The van der Waals surface area contributed by atoms with Gasteiger partial charge in [0.1, 0.15) is 0 Å². The van der Waals surface area contributed by atoms with Crippen LogP contribution in [0, 0.1) is 5.92 Å². The fraction of sp³-hybridized carbons (Fsp3) is 0.632. The van der Waals surface area contributed by atoms with E-state index in [-0.39, 0.29) is 11.5 Å². The summed E-state index contributed by atoms with van der Waals surface area (Å²) in [7, 11) is 0. The second kappa shape index (κ2) is 6.91. The van der Waals surface area contributed by atoms with Crippen molar-refractivity contribution in [1.82, 2.24) is 10.2 Å². The van der Waals surface area contributed by atoms with Crippen LogP contribution in [0.2, 0.25) is 0 Å². The third kappa shape index (κ3) is 3.09. The van der Waals surface area contributed by atoms with Gasteiger partial charge in [0, 0.05) is 31.2 Å². The number of piperidine rings is 1. The van der Waals surface area contributed by atoms with E-state index in [0.29, 0.717) is 5.91 Å². The summed E-state index contributed by atoms with van der Waals surface area (Å²) in [6.45, 7) is 7.95. The molecule has 2 aliphatic heterocycles. The first-order chi connectivity index (χ1) is 11.2. The van der Waals surface area contributed by atoms with Gasteiger partial charge in [0.2, 0.25) is 5.91 Å². The Morgan fingerprint density at radius 2 is 1.83 bits per heavy atom. The van der Waals surface area contributed by atoms with Crippen LogP contribution in [0.25, 0.3) is 0 Å². The fourth-order valence-corrected chi connectivity index (χ4v) is 4.12. The highest BCUT2D eigenvalue weighted by atomic mass is 16.2. The minimum absolute atomic E-state index is 0.173. The van der Waals surface area contributed by atoms with Gasteiger partial charge in [0.25, 0.3) is 0 Å². The average molecular weight is 315 g/mol. The van der Waals surface area contributed by atoms with Crippen LogP contribution in [0.4, 0.5) is 5.69 Å². The molecule has 2 saturated heterocycles. The van der Waals surface area contributed by atoms with Gasteiger partial charge in [0.15, 0.2) is 0 Å². The number of carbonyl (C=O) groups excluding carboxylic acids is 1. The Balaban J connectivity index is 1.69. The van der Waals surface area contributed by atoms with E-state index in [4.69, 9.17) is 0 Å². The van der Waals surface area contributed by atoms with Crippen LogP contribution in [0.3, 0.4) is 0 Å². The molecule has 1 amide bonds. The number of rotatable bonds is 4. The molecular weight excluding hydrogens is 286 g/mol. The van der Waals surface area contributed by atoms with Gasteiger partial charge in [-0.25, -0.2) is 0 Å². The topological polar surface area (TPSA) is 35.6 Å². The fourth-order valence-electron chi connectivity index (χ4n) is 4.12. The van der Waals surface area contributed by atoms with Gasteiger partial charge in [-0.2, -0.15) is 0 Å². The highest BCUT2D eigenvalue weighted by Crippen LogP contribution is 2.35. The van der Waals surface area contributed by atoms with E-state index in [2.05, 4.69) is 59.3 Å². The second-order valence-corrected chi connectivity index (χ2v) is 6.91. The molecule has 0 radical (unpaired) electrons. The Bertz CT molecular complexity index is 519. The van der Waals surface area contributed by atoms with Crippen molar-refractivity contribution in [3.8, 4) is 0 Å². The maximum absolute atomic E-state index is 12.6. The first-order valence-corrected chi connectivity index (χ1v) is 9.02. The Morgan fingerprint density at radius 1 is 1.17 bits per heavy atom. The average Bonchev–Trinajstić information content (AvgIpc) is 3.00. The molecule has 23 heavy (non-hydrogen) atoms. The molecule has 2 aliphatic rings. The van der Waals surface area contributed by atoms with Crippen LogP contribution >= 0.6 is 0 Å². The standard InChI is InChI=1S/C19H29N3O/c1-3-16(4-2)18(23)21-12-10-19(11-13-21)14-20-15-22(19)17-8-6-5-7-9-17/h5-9,16,20H,3-4,10-15H2,1-2H3.